The zero-order valence-electron chi connectivity index (χ0n) is 11.0. The van der Waals surface area contributed by atoms with Crippen LogP contribution in [-0.2, 0) is 6.61 Å². The van der Waals surface area contributed by atoms with Gasteiger partial charge in [0.25, 0.3) is 5.91 Å². The zero-order valence-corrected chi connectivity index (χ0v) is 11.0. The summed E-state index contributed by atoms with van der Waals surface area (Å²) in [5.41, 5.74) is 3.62. The Morgan fingerprint density at radius 3 is 2.75 bits per heavy atom. The lowest BCUT2D eigenvalue weighted by Crippen LogP contribution is -2.30. The fraction of sp³-hybridized carbons (Fsp3) is 0.133. The van der Waals surface area contributed by atoms with Crippen LogP contribution in [-0.4, -0.2) is 5.91 Å². The standard InChI is InChI=1S/C15H15FN2O2/c1-10-5-4-8-13(14(10)16)20-9-11-6-2-3-7-12(11)15(19)18-17/h2-8H,9,17H2,1H3,(H,18,19). The van der Waals surface area contributed by atoms with E-state index in [1.165, 1.54) is 0 Å². The lowest BCUT2D eigenvalue weighted by molar-refractivity contribution is 0.0951. The molecule has 3 N–H and O–H groups in total. The van der Waals surface area contributed by atoms with E-state index in [1.807, 2.05) is 0 Å². The highest BCUT2D eigenvalue weighted by Gasteiger charge is 2.11. The number of aryl methyl sites for hydroxylation is 1. The summed E-state index contributed by atoms with van der Waals surface area (Å²) >= 11 is 0. The summed E-state index contributed by atoms with van der Waals surface area (Å²) in [5, 5.41) is 0. The van der Waals surface area contributed by atoms with Crippen molar-refractivity contribution in [3.63, 3.8) is 0 Å². The highest BCUT2D eigenvalue weighted by molar-refractivity contribution is 5.95. The number of hydrogen-bond donors (Lipinski definition) is 2. The monoisotopic (exact) mass is 274 g/mol. The fourth-order valence-corrected chi connectivity index (χ4v) is 1.83. The number of amides is 1. The van der Waals surface area contributed by atoms with E-state index in [-0.39, 0.29) is 12.4 Å². The Balaban J connectivity index is 2.19. The molecule has 0 heterocycles. The molecular weight excluding hydrogens is 259 g/mol. The van der Waals surface area contributed by atoms with Gasteiger partial charge in [-0.3, -0.25) is 10.2 Å². The summed E-state index contributed by atoms with van der Waals surface area (Å²) in [6.45, 7) is 1.75. The summed E-state index contributed by atoms with van der Waals surface area (Å²) in [4.78, 5) is 11.6. The topological polar surface area (TPSA) is 64.3 Å². The maximum Gasteiger partial charge on any atom is 0.265 e. The normalized spacial score (nSPS) is 10.2. The first-order valence-electron chi connectivity index (χ1n) is 6.10. The van der Waals surface area contributed by atoms with Gasteiger partial charge >= 0.3 is 0 Å². The van der Waals surface area contributed by atoms with Crippen LogP contribution in [0.25, 0.3) is 0 Å². The molecule has 20 heavy (non-hydrogen) atoms. The first-order valence-corrected chi connectivity index (χ1v) is 6.10. The van der Waals surface area contributed by atoms with Gasteiger partial charge in [-0.05, 0) is 24.6 Å². The number of benzene rings is 2. The number of carbonyl (C=O) groups excluding carboxylic acids is 1. The van der Waals surface area contributed by atoms with E-state index in [2.05, 4.69) is 5.43 Å². The summed E-state index contributed by atoms with van der Waals surface area (Å²) in [6, 6.07) is 11.8. The first kappa shape index (κ1) is 14.0. The van der Waals surface area contributed by atoms with Crippen molar-refractivity contribution in [3.8, 4) is 5.75 Å². The van der Waals surface area contributed by atoms with Crippen molar-refractivity contribution in [1.82, 2.24) is 5.43 Å². The first-order chi connectivity index (χ1) is 9.63. The van der Waals surface area contributed by atoms with Crippen molar-refractivity contribution in [2.24, 2.45) is 5.84 Å². The predicted octanol–water partition coefficient (Wildman–Crippen LogP) is 2.32. The molecule has 0 bridgehead atoms. The maximum absolute atomic E-state index is 13.8. The fourth-order valence-electron chi connectivity index (χ4n) is 1.83. The van der Waals surface area contributed by atoms with Gasteiger partial charge in [-0.25, -0.2) is 10.2 Å². The molecule has 0 fully saturated rings. The number of ether oxygens (including phenoxy) is 1. The Kier molecular flexibility index (Phi) is 4.32. The summed E-state index contributed by atoms with van der Waals surface area (Å²) in [6.07, 6.45) is 0. The van der Waals surface area contributed by atoms with Crippen LogP contribution >= 0.6 is 0 Å². The molecule has 5 heteroatoms. The number of halogens is 1. The quantitative estimate of drug-likeness (QED) is 0.511. The number of nitrogens with two attached hydrogens (primary N) is 1. The minimum absolute atomic E-state index is 0.0873. The molecular formula is C15H15FN2O2. The van der Waals surface area contributed by atoms with E-state index in [9.17, 15) is 9.18 Å². The van der Waals surface area contributed by atoms with Gasteiger partial charge in [0, 0.05) is 11.1 Å². The molecule has 104 valence electrons. The molecule has 0 aliphatic heterocycles. The minimum Gasteiger partial charge on any atom is -0.486 e. The second kappa shape index (κ2) is 6.16. The Morgan fingerprint density at radius 2 is 2.00 bits per heavy atom. The molecule has 2 aromatic rings. The van der Waals surface area contributed by atoms with Gasteiger partial charge in [0.05, 0.1) is 0 Å². The Morgan fingerprint density at radius 1 is 1.25 bits per heavy atom. The largest absolute Gasteiger partial charge is 0.486 e. The van der Waals surface area contributed by atoms with Crippen molar-refractivity contribution in [2.75, 3.05) is 0 Å². The van der Waals surface area contributed by atoms with Gasteiger partial charge in [0.2, 0.25) is 0 Å². The summed E-state index contributed by atoms with van der Waals surface area (Å²) < 4.78 is 19.2. The Hall–Kier alpha value is -2.40. The van der Waals surface area contributed by atoms with Gasteiger partial charge in [-0.2, -0.15) is 0 Å². The molecule has 0 aromatic heterocycles. The SMILES string of the molecule is Cc1cccc(OCc2ccccc2C(=O)NN)c1F. The van der Waals surface area contributed by atoms with Crippen LogP contribution in [0.5, 0.6) is 5.75 Å². The molecule has 0 saturated heterocycles. The Bertz CT molecular complexity index is 629. The number of hydrogen-bond acceptors (Lipinski definition) is 3. The van der Waals surface area contributed by atoms with Crippen molar-refractivity contribution >= 4 is 5.91 Å². The number of carbonyl (C=O) groups is 1. The van der Waals surface area contributed by atoms with E-state index in [4.69, 9.17) is 10.6 Å². The summed E-state index contributed by atoms with van der Waals surface area (Å²) in [7, 11) is 0. The average Bonchev–Trinajstić information content (AvgIpc) is 2.48. The van der Waals surface area contributed by atoms with Gasteiger partial charge in [0.1, 0.15) is 6.61 Å². The second-order valence-electron chi connectivity index (χ2n) is 4.31. The molecule has 1 amide bonds. The smallest absolute Gasteiger partial charge is 0.265 e. The third-order valence-electron chi connectivity index (χ3n) is 2.93. The van der Waals surface area contributed by atoms with E-state index < -0.39 is 11.7 Å². The van der Waals surface area contributed by atoms with Crippen molar-refractivity contribution in [1.29, 1.82) is 0 Å². The van der Waals surface area contributed by atoms with Crippen LogP contribution in [0.15, 0.2) is 42.5 Å². The molecule has 0 spiro atoms. The molecule has 0 atom stereocenters. The molecule has 2 rings (SSSR count). The van der Waals surface area contributed by atoms with Crippen LogP contribution in [0.2, 0.25) is 0 Å². The average molecular weight is 274 g/mol. The highest BCUT2D eigenvalue weighted by Crippen LogP contribution is 2.21. The van der Waals surface area contributed by atoms with E-state index in [1.54, 1.807) is 49.4 Å². The Labute approximate surface area is 116 Å². The number of nitrogen functional groups attached to an aromatic ring is 1. The van der Waals surface area contributed by atoms with Crippen molar-refractivity contribution in [2.45, 2.75) is 13.5 Å². The van der Waals surface area contributed by atoms with Gasteiger partial charge in [0.15, 0.2) is 11.6 Å². The van der Waals surface area contributed by atoms with Gasteiger partial charge < -0.3 is 4.74 Å². The van der Waals surface area contributed by atoms with E-state index in [0.29, 0.717) is 16.7 Å². The molecule has 4 nitrogen and oxygen atoms in total. The maximum atomic E-state index is 13.8. The predicted molar refractivity (Wildman–Crippen MR) is 73.6 cm³/mol. The molecule has 0 saturated carbocycles. The van der Waals surface area contributed by atoms with Gasteiger partial charge in [-0.15, -0.1) is 0 Å². The minimum atomic E-state index is -0.408. The molecule has 0 radical (unpaired) electrons. The lowest BCUT2D eigenvalue weighted by atomic mass is 10.1. The summed E-state index contributed by atoms with van der Waals surface area (Å²) in [5.74, 6) is 4.48. The molecule has 0 unspecified atom stereocenters. The lowest BCUT2D eigenvalue weighted by Gasteiger charge is -2.11. The number of hydrazine groups is 1. The van der Waals surface area contributed by atoms with Crippen LogP contribution in [0.1, 0.15) is 21.5 Å². The third-order valence-corrected chi connectivity index (χ3v) is 2.93. The van der Waals surface area contributed by atoms with Crippen LogP contribution < -0.4 is 16.0 Å². The molecule has 0 aliphatic carbocycles. The van der Waals surface area contributed by atoms with Crippen LogP contribution in [0, 0.1) is 12.7 Å². The zero-order chi connectivity index (χ0) is 14.5. The highest BCUT2D eigenvalue weighted by atomic mass is 19.1. The number of nitrogens with one attached hydrogen (secondary N) is 1. The van der Waals surface area contributed by atoms with Crippen molar-refractivity contribution in [3.05, 3.63) is 65.0 Å². The van der Waals surface area contributed by atoms with Gasteiger partial charge in [-0.1, -0.05) is 30.3 Å². The number of rotatable bonds is 4. The molecule has 2 aromatic carbocycles. The van der Waals surface area contributed by atoms with Crippen LogP contribution in [0.4, 0.5) is 4.39 Å². The second-order valence-corrected chi connectivity index (χ2v) is 4.31. The van der Waals surface area contributed by atoms with E-state index in [0.717, 1.165) is 0 Å². The third kappa shape index (κ3) is 2.95. The van der Waals surface area contributed by atoms with E-state index >= 15 is 0 Å². The van der Waals surface area contributed by atoms with Crippen LogP contribution in [0.3, 0.4) is 0 Å². The molecule has 0 aliphatic rings. The van der Waals surface area contributed by atoms with Crippen molar-refractivity contribution < 1.29 is 13.9 Å².